The fraction of sp³-hybridized carbons (Fsp3) is 0.300. The summed E-state index contributed by atoms with van der Waals surface area (Å²) in [6.45, 7) is 5.28. The summed E-state index contributed by atoms with van der Waals surface area (Å²) in [5.74, 6) is 4.65. The lowest BCUT2D eigenvalue weighted by Gasteiger charge is -2.22. The quantitative estimate of drug-likeness (QED) is 0.501. The number of aromatic nitrogens is 1. The molecule has 0 amide bonds. The fourth-order valence-corrected chi connectivity index (χ4v) is 3.43. The van der Waals surface area contributed by atoms with Crippen LogP contribution >= 0.6 is 11.6 Å². The molecule has 0 aliphatic heterocycles. The number of carbonyl (C=O) groups is 2. The maximum atomic E-state index is 13.1. The van der Waals surface area contributed by atoms with E-state index in [1.54, 1.807) is 52.1 Å². The number of hydrogen-bond acceptors (Lipinski definition) is 5. The molecule has 7 nitrogen and oxygen atoms in total. The molecule has 3 N–H and O–H groups in total. The zero-order chi connectivity index (χ0) is 20.8. The molecule has 0 bridgehead atoms. The standard InChI is InChI=1S/C20H22ClN3O4/c1-20(2,3)28-19(27)24-15(10-23(4)22)16(18(25)26)13-8-6-11-5-7-12(21)9-14(11)17(13)24/h5-9H,10,22H2,1-4H3,(H,25,26). The normalized spacial score (nSPS) is 12.1. The third-order valence-electron chi connectivity index (χ3n) is 4.20. The second-order valence-corrected chi connectivity index (χ2v) is 8.12. The first-order valence-electron chi connectivity index (χ1n) is 8.67. The summed E-state index contributed by atoms with van der Waals surface area (Å²) < 4.78 is 6.86. The van der Waals surface area contributed by atoms with Gasteiger partial charge in [0.2, 0.25) is 0 Å². The van der Waals surface area contributed by atoms with Crippen LogP contribution in [0, 0.1) is 0 Å². The van der Waals surface area contributed by atoms with Crippen LogP contribution in [-0.4, -0.2) is 39.4 Å². The Labute approximate surface area is 167 Å². The SMILES string of the molecule is CN(N)Cc1c(C(=O)O)c2ccc3ccc(Cl)cc3c2n1C(=O)OC(C)(C)C. The van der Waals surface area contributed by atoms with Crippen LogP contribution in [0.4, 0.5) is 4.79 Å². The first-order valence-corrected chi connectivity index (χ1v) is 9.05. The average Bonchev–Trinajstić information content (AvgIpc) is 2.86. The molecule has 2 aromatic carbocycles. The number of carboxylic acid groups (broad SMARTS) is 1. The molecular weight excluding hydrogens is 382 g/mol. The monoisotopic (exact) mass is 403 g/mol. The summed E-state index contributed by atoms with van der Waals surface area (Å²) in [6.07, 6.45) is -0.672. The van der Waals surface area contributed by atoms with Gasteiger partial charge in [0.15, 0.2) is 0 Å². The first kappa shape index (κ1) is 20.1. The van der Waals surface area contributed by atoms with Gasteiger partial charge in [0.05, 0.1) is 23.3 Å². The number of carboxylic acids is 1. The van der Waals surface area contributed by atoms with Crippen molar-refractivity contribution >= 4 is 45.3 Å². The number of rotatable bonds is 3. The van der Waals surface area contributed by atoms with E-state index in [-0.39, 0.29) is 17.8 Å². The van der Waals surface area contributed by atoms with E-state index >= 15 is 0 Å². The van der Waals surface area contributed by atoms with Gasteiger partial charge in [0.25, 0.3) is 0 Å². The Morgan fingerprint density at radius 2 is 1.86 bits per heavy atom. The van der Waals surface area contributed by atoms with Gasteiger partial charge in [-0.05, 0) is 38.3 Å². The zero-order valence-corrected chi connectivity index (χ0v) is 16.9. The van der Waals surface area contributed by atoms with Gasteiger partial charge in [0.1, 0.15) is 5.60 Å². The van der Waals surface area contributed by atoms with E-state index in [1.165, 1.54) is 9.58 Å². The Balaban J connectivity index is 2.48. The number of benzene rings is 2. The molecule has 0 spiro atoms. The van der Waals surface area contributed by atoms with Gasteiger partial charge in [-0.15, -0.1) is 0 Å². The maximum absolute atomic E-state index is 13.1. The lowest BCUT2D eigenvalue weighted by molar-refractivity contribution is 0.0537. The molecule has 0 fully saturated rings. The molecule has 8 heteroatoms. The summed E-state index contributed by atoms with van der Waals surface area (Å²) in [6, 6.07) is 8.76. The highest BCUT2D eigenvalue weighted by atomic mass is 35.5. The minimum atomic E-state index is -1.15. The zero-order valence-electron chi connectivity index (χ0n) is 16.1. The number of ether oxygens (including phenoxy) is 1. The Morgan fingerprint density at radius 3 is 2.43 bits per heavy atom. The van der Waals surface area contributed by atoms with Gasteiger partial charge in [0, 0.05) is 22.8 Å². The van der Waals surface area contributed by atoms with Gasteiger partial charge < -0.3 is 9.84 Å². The van der Waals surface area contributed by atoms with E-state index in [1.807, 2.05) is 6.07 Å². The Morgan fingerprint density at radius 1 is 1.21 bits per heavy atom. The van der Waals surface area contributed by atoms with Gasteiger partial charge in [-0.2, -0.15) is 0 Å². The van der Waals surface area contributed by atoms with Crippen molar-refractivity contribution in [3.8, 4) is 0 Å². The van der Waals surface area contributed by atoms with E-state index in [4.69, 9.17) is 22.2 Å². The van der Waals surface area contributed by atoms with Crippen molar-refractivity contribution in [2.75, 3.05) is 7.05 Å². The molecule has 1 heterocycles. The molecule has 0 aliphatic carbocycles. The maximum Gasteiger partial charge on any atom is 0.419 e. The van der Waals surface area contributed by atoms with Crippen LogP contribution in [0.2, 0.25) is 5.02 Å². The molecule has 3 rings (SSSR count). The molecule has 0 saturated heterocycles. The first-order chi connectivity index (χ1) is 13.0. The van der Waals surface area contributed by atoms with Crippen LogP contribution < -0.4 is 5.84 Å². The topological polar surface area (TPSA) is 97.8 Å². The van der Waals surface area contributed by atoms with Crippen LogP contribution in [0.25, 0.3) is 21.7 Å². The second kappa shape index (κ2) is 7.09. The number of hydrogen-bond donors (Lipinski definition) is 2. The number of halogens is 1. The molecule has 28 heavy (non-hydrogen) atoms. The molecule has 0 unspecified atom stereocenters. The molecule has 0 saturated carbocycles. The summed E-state index contributed by atoms with van der Waals surface area (Å²) in [4.78, 5) is 25.2. The van der Waals surface area contributed by atoms with Gasteiger partial charge in [-0.3, -0.25) is 5.84 Å². The highest BCUT2D eigenvalue weighted by molar-refractivity contribution is 6.32. The number of aromatic carboxylic acids is 1. The Hall–Kier alpha value is -2.61. The third kappa shape index (κ3) is 3.69. The minimum Gasteiger partial charge on any atom is -0.478 e. The molecule has 0 aliphatic rings. The predicted molar refractivity (Wildman–Crippen MR) is 109 cm³/mol. The number of hydrazine groups is 1. The molecule has 0 atom stereocenters. The summed E-state index contributed by atoms with van der Waals surface area (Å²) in [5.41, 5.74) is -0.0664. The van der Waals surface area contributed by atoms with Crippen molar-refractivity contribution in [1.29, 1.82) is 0 Å². The highest BCUT2D eigenvalue weighted by Gasteiger charge is 2.29. The second-order valence-electron chi connectivity index (χ2n) is 7.68. The van der Waals surface area contributed by atoms with E-state index in [2.05, 4.69) is 0 Å². The summed E-state index contributed by atoms with van der Waals surface area (Å²) in [5, 5.41) is 13.6. The smallest absolute Gasteiger partial charge is 0.419 e. The van der Waals surface area contributed by atoms with Gasteiger partial charge >= 0.3 is 12.1 Å². The molecular formula is C20H22ClN3O4. The van der Waals surface area contributed by atoms with Crippen LogP contribution in [0.15, 0.2) is 30.3 Å². The van der Waals surface area contributed by atoms with Gasteiger partial charge in [-0.25, -0.2) is 19.2 Å². The molecule has 148 valence electrons. The Kier molecular flexibility index (Phi) is 5.10. The Bertz CT molecular complexity index is 1100. The molecule has 1 aromatic heterocycles. The van der Waals surface area contributed by atoms with Crippen molar-refractivity contribution in [3.05, 3.63) is 46.6 Å². The van der Waals surface area contributed by atoms with Crippen molar-refractivity contribution < 1.29 is 19.4 Å². The van der Waals surface area contributed by atoms with Gasteiger partial charge in [-0.1, -0.05) is 29.8 Å². The summed E-state index contributed by atoms with van der Waals surface area (Å²) >= 11 is 6.18. The van der Waals surface area contributed by atoms with Crippen LogP contribution in [0.3, 0.4) is 0 Å². The number of nitrogens with zero attached hydrogens (tertiary/aromatic N) is 2. The van der Waals surface area contributed by atoms with Crippen LogP contribution in [0.1, 0.15) is 36.8 Å². The number of nitrogens with two attached hydrogens (primary N) is 1. The highest BCUT2D eigenvalue weighted by Crippen LogP contribution is 2.35. The fourth-order valence-electron chi connectivity index (χ4n) is 3.25. The molecule has 3 aromatic rings. The minimum absolute atomic E-state index is 0.0139. The molecule has 0 radical (unpaired) electrons. The lowest BCUT2D eigenvalue weighted by Crippen LogP contribution is -2.31. The number of fused-ring (bicyclic) bond motifs is 3. The van der Waals surface area contributed by atoms with E-state index in [0.717, 1.165) is 5.39 Å². The predicted octanol–water partition coefficient (Wildman–Crippen LogP) is 4.23. The lowest BCUT2D eigenvalue weighted by atomic mass is 10.0. The third-order valence-corrected chi connectivity index (χ3v) is 4.43. The average molecular weight is 404 g/mol. The number of carbonyl (C=O) groups excluding carboxylic acids is 1. The van der Waals surface area contributed by atoms with E-state index in [0.29, 0.717) is 21.3 Å². The van der Waals surface area contributed by atoms with Crippen molar-refractivity contribution in [2.45, 2.75) is 32.9 Å². The van der Waals surface area contributed by atoms with Crippen molar-refractivity contribution in [2.24, 2.45) is 5.84 Å². The van der Waals surface area contributed by atoms with E-state index in [9.17, 15) is 14.7 Å². The van der Waals surface area contributed by atoms with Crippen LogP contribution in [0.5, 0.6) is 0 Å². The van der Waals surface area contributed by atoms with Crippen molar-refractivity contribution in [1.82, 2.24) is 9.58 Å². The largest absolute Gasteiger partial charge is 0.478 e. The summed E-state index contributed by atoms with van der Waals surface area (Å²) in [7, 11) is 1.59. The van der Waals surface area contributed by atoms with Crippen LogP contribution in [-0.2, 0) is 11.3 Å². The van der Waals surface area contributed by atoms with Crippen molar-refractivity contribution in [3.63, 3.8) is 0 Å². The van der Waals surface area contributed by atoms with E-state index < -0.39 is 17.7 Å².